The number of amides is 1. The van der Waals surface area contributed by atoms with Gasteiger partial charge in [-0.3, -0.25) is 4.79 Å². The van der Waals surface area contributed by atoms with Gasteiger partial charge in [-0.2, -0.15) is 20.0 Å². The summed E-state index contributed by atoms with van der Waals surface area (Å²) in [6, 6.07) is 7.48. The molecular weight excluding hydrogens is 358 g/mol. The van der Waals surface area contributed by atoms with Gasteiger partial charge in [0.2, 0.25) is 5.95 Å². The van der Waals surface area contributed by atoms with Gasteiger partial charge in [0.15, 0.2) is 0 Å². The van der Waals surface area contributed by atoms with Gasteiger partial charge in [0.1, 0.15) is 11.4 Å². The van der Waals surface area contributed by atoms with Crippen molar-refractivity contribution in [1.29, 1.82) is 0 Å². The lowest BCUT2D eigenvalue weighted by atomic mass is 10.2. The normalized spacial score (nSPS) is 15.6. The van der Waals surface area contributed by atoms with Gasteiger partial charge in [0, 0.05) is 24.1 Å². The van der Waals surface area contributed by atoms with Crippen LogP contribution in [0.25, 0.3) is 5.69 Å². The number of carbonyl (C=O) groups excluding carboxylic acids is 1. The van der Waals surface area contributed by atoms with Crippen LogP contribution in [-0.2, 0) is 0 Å². The zero-order chi connectivity index (χ0) is 19.5. The number of rotatable bonds is 6. The van der Waals surface area contributed by atoms with Crippen molar-refractivity contribution < 1.29 is 4.79 Å². The molecular formula is C18H19N9O. The maximum atomic E-state index is 11.8. The van der Waals surface area contributed by atoms with E-state index in [-0.39, 0.29) is 11.6 Å². The topological polar surface area (TPSA) is 136 Å². The van der Waals surface area contributed by atoms with Crippen LogP contribution in [-0.4, -0.2) is 43.5 Å². The van der Waals surface area contributed by atoms with Gasteiger partial charge in [-0.1, -0.05) is 6.07 Å². The summed E-state index contributed by atoms with van der Waals surface area (Å²) < 4.78 is 0. The van der Waals surface area contributed by atoms with E-state index in [2.05, 4.69) is 42.2 Å². The summed E-state index contributed by atoms with van der Waals surface area (Å²) in [5, 5.41) is 17.8. The molecule has 0 radical (unpaired) electrons. The van der Waals surface area contributed by atoms with Crippen LogP contribution >= 0.6 is 0 Å². The summed E-state index contributed by atoms with van der Waals surface area (Å²) in [6.07, 6.45) is 6.67. The number of nitrogens with one attached hydrogen (secondary N) is 3. The maximum Gasteiger partial charge on any atom is 0.254 e. The Balaban J connectivity index is 1.61. The van der Waals surface area contributed by atoms with Crippen LogP contribution in [0.1, 0.15) is 17.3 Å². The highest BCUT2D eigenvalue weighted by molar-refractivity contribution is 5.98. The number of allylic oxidation sites excluding steroid dienone is 1. The van der Waals surface area contributed by atoms with Gasteiger partial charge in [-0.05, 0) is 31.2 Å². The van der Waals surface area contributed by atoms with E-state index in [0.29, 0.717) is 17.5 Å². The Morgan fingerprint density at radius 2 is 2.14 bits per heavy atom. The molecule has 1 amide bonds. The monoisotopic (exact) mass is 377 g/mol. The predicted octanol–water partition coefficient (Wildman–Crippen LogP) is 1.19. The Kier molecular flexibility index (Phi) is 4.58. The van der Waals surface area contributed by atoms with Crippen molar-refractivity contribution in [2.24, 2.45) is 5.73 Å². The molecule has 3 aromatic rings. The third-order valence-corrected chi connectivity index (χ3v) is 4.18. The van der Waals surface area contributed by atoms with Crippen molar-refractivity contribution in [3.8, 4) is 5.69 Å². The van der Waals surface area contributed by atoms with Crippen molar-refractivity contribution in [3.05, 3.63) is 60.2 Å². The van der Waals surface area contributed by atoms with Crippen molar-refractivity contribution in [1.82, 2.24) is 30.3 Å². The molecule has 1 aliphatic rings. The first-order valence-corrected chi connectivity index (χ1v) is 8.68. The molecule has 4 rings (SSSR count). The number of carbonyl (C=O) groups is 1. The Hall–Kier alpha value is -3.95. The Morgan fingerprint density at radius 1 is 1.32 bits per heavy atom. The fourth-order valence-corrected chi connectivity index (χ4v) is 2.87. The molecule has 3 heterocycles. The molecule has 0 spiro atoms. The summed E-state index contributed by atoms with van der Waals surface area (Å²) >= 11 is 0. The highest BCUT2D eigenvalue weighted by Gasteiger charge is 2.17. The van der Waals surface area contributed by atoms with Crippen LogP contribution in [0, 0.1) is 0 Å². The van der Waals surface area contributed by atoms with Gasteiger partial charge in [0.25, 0.3) is 5.91 Å². The molecule has 0 saturated heterocycles. The molecule has 1 unspecified atom stereocenters. The number of hydrogen-bond acceptors (Lipinski definition) is 8. The molecule has 0 saturated carbocycles. The van der Waals surface area contributed by atoms with Crippen LogP contribution in [0.2, 0.25) is 0 Å². The average Bonchev–Trinajstić information content (AvgIpc) is 3.34. The SMILES string of the molecule is CC1=CC(Nc2ncc(C(N)=O)c(Nc3cccc(-n4nccn4)c3)n2)CN1. The standard InChI is InChI=1S/C18H19N9O/c1-11-7-13(9-20-11)25-18-21-10-15(16(19)28)17(26-18)24-12-3-2-4-14(8-12)27-22-5-6-23-27/h2-8,10,13,20H,9H2,1H3,(H2,19,28)(H2,21,24,25,26). The average molecular weight is 377 g/mol. The van der Waals surface area contributed by atoms with Gasteiger partial charge >= 0.3 is 0 Å². The second-order valence-corrected chi connectivity index (χ2v) is 6.30. The number of hydrogen-bond donors (Lipinski definition) is 4. The fraction of sp³-hybridized carbons (Fsp3) is 0.167. The molecule has 1 aromatic carbocycles. The summed E-state index contributed by atoms with van der Waals surface area (Å²) in [5.41, 5.74) is 8.25. The Labute approximate surface area is 160 Å². The quantitative estimate of drug-likeness (QED) is 0.503. The van der Waals surface area contributed by atoms with Crippen LogP contribution in [0.5, 0.6) is 0 Å². The molecule has 10 nitrogen and oxygen atoms in total. The van der Waals surface area contributed by atoms with E-state index in [9.17, 15) is 4.79 Å². The Morgan fingerprint density at radius 3 is 2.86 bits per heavy atom. The third-order valence-electron chi connectivity index (χ3n) is 4.18. The third kappa shape index (κ3) is 3.75. The number of nitrogens with zero attached hydrogens (tertiary/aromatic N) is 5. The fourth-order valence-electron chi connectivity index (χ4n) is 2.87. The molecule has 2 aromatic heterocycles. The molecule has 0 fully saturated rings. The summed E-state index contributed by atoms with van der Waals surface area (Å²) in [5.74, 6) is 0.106. The number of primary amides is 1. The molecule has 28 heavy (non-hydrogen) atoms. The van der Waals surface area contributed by atoms with Crippen molar-refractivity contribution in [2.75, 3.05) is 17.2 Å². The van der Waals surface area contributed by atoms with E-state index >= 15 is 0 Å². The number of anilines is 3. The first kappa shape index (κ1) is 17.5. The maximum absolute atomic E-state index is 11.8. The molecule has 5 N–H and O–H groups in total. The molecule has 10 heteroatoms. The van der Waals surface area contributed by atoms with Gasteiger partial charge in [0.05, 0.1) is 24.1 Å². The van der Waals surface area contributed by atoms with E-state index in [0.717, 1.165) is 17.9 Å². The second kappa shape index (κ2) is 7.35. The highest BCUT2D eigenvalue weighted by Crippen LogP contribution is 2.22. The number of aromatic nitrogens is 5. The van der Waals surface area contributed by atoms with Crippen LogP contribution < -0.4 is 21.7 Å². The minimum absolute atomic E-state index is 0.0708. The predicted molar refractivity (Wildman–Crippen MR) is 104 cm³/mol. The van der Waals surface area contributed by atoms with Gasteiger partial charge < -0.3 is 21.7 Å². The van der Waals surface area contributed by atoms with Crippen molar-refractivity contribution in [3.63, 3.8) is 0 Å². The summed E-state index contributed by atoms with van der Waals surface area (Å²) in [7, 11) is 0. The number of benzene rings is 1. The minimum Gasteiger partial charge on any atom is -0.386 e. The van der Waals surface area contributed by atoms with Gasteiger partial charge in [-0.15, -0.1) is 0 Å². The van der Waals surface area contributed by atoms with E-state index in [4.69, 9.17) is 5.73 Å². The van der Waals surface area contributed by atoms with E-state index in [1.807, 2.05) is 31.2 Å². The van der Waals surface area contributed by atoms with Crippen molar-refractivity contribution in [2.45, 2.75) is 13.0 Å². The van der Waals surface area contributed by atoms with Crippen LogP contribution in [0.3, 0.4) is 0 Å². The molecule has 0 aliphatic carbocycles. The molecule has 142 valence electrons. The van der Waals surface area contributed by atoms with Gasteiger partial charge in [-0.25, -0.2) is 4.98 Å². The Bertz CT molecular complexity index is 1030. The van der Waals surface area contributed by atoms with E-state index in [1.165, 1.54) is 11.0 Å². The first-order valence-electron chi connectivity index (χ1n) is 8.68. The van der Waals surface area contributed by atoms with E-state index in [1.54, 1.807) is 12.4 Å². The zero-order valence-electron chi connectivity index (χ0n) is 15.1. The molecule has 1 aliphatic heterocycles. The van der Waals surface area contributed by atoms with Crippen LogP contribution in [0.4, 0.5) is 17.5 Å². The lowest BCUT2D eigenvalue weighted by Crippen LogP contribution is -2.25. The minimum atomic E-state index is -0.614. The molecule has 1 atom stereocenters. The smallest absolute Gasteiger partial charge is 0.254 e. The second-order valence-electron chi connectivity index (χ2n) is 6.30. The lowest BCUT2D eigenvalue weighted by molar-refractivity contribution is 0.100. The largest absolute Gasteiger partial charge is 0.386 e. The zero-order valence-corrected chi connectivity index (χ0v) is 15.1. The molecule has 0 bridgehead atoms. The highest BCUT2D eigenvalue weighted by atomic mass is 16.1. The van der Waals surface area contributed by atoms with E-state index < -0.39 is 5.91 Å². The van der Waals surface area contributed by atoms with Crippen molar-refractivity contribution >= 4 is 23.4 Å². The summed E-state index contributed by atoms with van der Waals surface area (Å²) in [4.78, 5) is 21.9. The number of nitrogens with two attached hydrogens (primary N) is 1. The lowest BCUT2D eigenvalue weighted by Gasteiger charge is -2.14. The first-order chi connectivity index (χ1) is 13.6. The summed E-state index contributed by atoms with van der Waals surface area (Å²) in [6.45, 7) is 2.74. The van der Waals surface area contributed by atoms with Crippen LogP contribution in [0.15, 0.2) is 54.6 Å².